The topological polar surface area (TPSA) is 87.5 Å². The minimum absolute atomic E-state index is 0.0662. The Balaban J connectivity index is 1.59. The number of hydrogen-bond donors (Lipinski definition) is 1. The van der Waals surface area contributed by atoms with E-state index in [1.54, 1.807) is 11.1 Å². The Morgan fingerprint density at radius 2 is 2.07 bits per heavy atom. The number of rotatable bonds is 4. The summed E-state index contributed by atoms with van der Waals surface area (Å²) >= 11 is 0. The van der Waals surface area contributed by atoms with Crippen LogP contribution in [-0.2, 0) is 4.74 Å². The SMILES string of the molecule is CC(C)(C)OC(=O)N1C[C@@H](C#N)[C@H](c2ccc(OCC3CCNCC3)nc2)C1. The van der Waals surface area contributed by atoms with E-state index in [4.69, 9.17) is 9.47 Å². The Morgan fingerprint density at radius 3 is 2.68 bits per heavy atom. The number of aromatic nitrogens is 1. The van der Waals surface area contributed by atoms with E-state index < -0.39 is 5.60 Å². The van der Waals surface area contributed by atoms with E-state index in [1.165, 1.54) is 0 Å². The van der Waals surface area contributed by atoms with Crippen LogP contribution < -0.4 is 10.1 Å². The average Bonchev–Trinajstić information content (AvgIpc) is 3.11. The third-order valence-corrected chi connectivity index (χ3v) is 5.25. The molecule has 0 spiro atoms. The van der Waals surface area contributed by atoms with Gasteiger partial charge in [0.25, 0.3) is 0 Å². The van der Waals surface area contributed by atoms with E-state index in [2.05, 4.69) is 16.4 Å². The van der Waals surface area contributed by atoms with Crippen LogP contribution >= 0.6 is 0 Å². The second-order valence-electron chi connectivity index (χ2n) is 8.66. The fourth-order valence-corrected chi connectivity index (χ4v) is 3.70. The van der Waals surface area contributed by atoms with E-state index >= 15 is 0 Å². The summed E-state index contributed by atoms with van der Waals surface area (Å²) in [6, 6.07) is 6.15. The number of ether oxygens (including phenoxy) is 2. The van der Waals surface area contributed by atoms with Gasteiger partial charge in [0, 0.05) is 31.3 Å². The van der Waals surface area contributed by atoms with Gasteiger partial charge in [-0.15, -0.1) is 0 Å². The van der Waals surface area contributed by atoms with Crippen molar-refractivity contribution < 1.29 is 14.3 Å². The van der Waals surface area contributed by atoms with Gasteiger partial charge in [-0.25, -0.2) is 9.78 Å². The van der Waals surface area contributed by atoms with Crippen molar-refractivity contribution in [2.75, 3.05) is 32.8 Å². The molecule has 0 aliphatic carbocycles. The maximum Gasteiger partial charge on any atom is 0.410 e. The van der Waals surface area contributed by atoms with Crippen molar-refractivity contribution in [2.45, 2.75) is 45.1 Å². The van der Waals surface area contributed by atoms with Gasteiger partial charge < -0.3 is 19.7 Å². The minimum Gasteiger partial charge on any atom is -0.477 e. The molecule has 0 unspecified atom stereocenters. The van der Waals surface area contributed by atoms with Crippen LogP contribution in [0.15, 0.2) is 18.3 Å². The van der Waals surface area contributed by atoms with Gasteiger partial charge in [-0.3, -0.25) is 0 Å². The van der Waals surface area contributed by atoms with E-state index in [9.17, 15) is 10.1 Å². The summed E-state index contributed by atoms with van der Waals surface area (Å²) in [5.41, 5.74) is 0.401. The number of nitrogens with one attached hydrogen (secondary N) is 1. The van der Waals surface area contributed by atoms with Gasteiger partial charge in [0.1, 0.15) is 5.60 Å². The average molecular weight is 386 g/mol. The Labute approximate surface area is 167 Å². The Kier molecular flexibility index (Phi) is 6.40. The number of carbonyl (C=O) groups is 1. The standard InChI is InChI=1S/C21H30N4O3/c1-21(2,3)28-20(26)25-12-17(10-22)18(13-25)16-4-5-19(24-11-16)27-14-15-6-8-23-9-7-15/h4-5,11,15,17-18,23H,6-9,12-14H2,1-3H3/t17-,18+/m1/s1. The van der Waals surface area contributed by atoms with Crippen LogP contribution in [0.2, 0.25) is 0 Å². The lowest BCUT2D eigenvalue weighted by atomic mass is 9.91. The predicted molar refractivity (Wildman–Crippen MR) is 105 cm³/mol. The van der Waals surface area contributed by atoms with Gasteiger partial charge in [0.15, 0.2) is 0 Å². The summed E-state index contributed by atoms with van der Waals surface area (Å²) in [6.45, 7) is 9.14. The quantitative estimate of drug-likeness (QED) is 0.856. The predicted octanol–water partition coefficient (Wildman–Crippen LogP) is 2.93. The number of piperidine rings is 1. The molecule has 1 amide bonds. The maximum absolute atomic E-state index is 12.3. The fourth-order valence-electron chi connectivity index (χ4n) is 3.70. The molecule has 7 nitrogen and oxygen atoms in total. The van der Waals surface area contributed by atoms with Crippen LogP contribution in [0.5, 0.6) is 5.88 Å². The molecule has 28 heavy (non-hydrogen) atoms. The molecule has 0 aromatic carbocycles. The molecule has 2 atom stereocenters. The molecule has 1 aromatic rings. The summed E-state index contributed by atoms with van der Waals surface area (Å²) in [7, 11) is 0. The number of nitrogens with zero attached hydrogens (tertiary/aromatic N) is 3. The number of likely N-dealkylation sites (tertiary alicyclic amines) is 1. The molecule has 0 saturated carbocycles. The first-order chi connectivity index (χ1) is 13.4. The van der Waals surface area contributed by atoms with Gasteiger partial charge in [0.05, 0.1) is 18.6 Å². The molecular weight excluding hydrogens is 356 g/mol. The zero-order chi connectivity index (χ0) is 20.1. The van der Waals surface area contributed by atoms with Crippen LogP contribution in [0.25, 0.3) is 0 Å². The minimum atomic E-state index is -0.549. The fraction of sp³-hybridized carbons (Fsp3) is 0.667. The largest absolute Gasteiger partial charge is 0.477 e. The number of amides is 1. The lowest BCUT2D eigenvalue weighted by Gasteiger charge is -2.24. The van der Waals surface area contributed by atoms with Crippen molar-refractivity contribution >= 4 is 6.09 Å². The molecule has 2 fully saturated rings. The summed E-state index contributed by atoms with van der Waals surface area (Å²) in [4.78, 5) is 18.4. The monoisotopic (exact) mass is 386 g/mol. The smallest absolute Gasteiger partial charge is 0.410 e. The van der Waals surface area contributed by atoms with Gasteiger partial charge in [0.2, 0.25) is 5.88 Å². The van der Waals surface area contributed by atoms with E-state index in [1.807, 2.05) is 32.9 Å². The zero-order valence-corrected chi connectivity index (χ0v) is 17.0. The summed E-state index contributed by atoms with van der Waals surface area (Å²) in [5, 5.41) is 12.9. The first-order valence-electron chi connectivity index (χ1n) is 10.0. The molecule has 152 valence electrons. The van der Waals surface area contributed by atoms with Crippen molar-refractivity contribution in [2.24, 2.45) is 11.8 Å². The van der Waals surface area contributed by atoms with Crippen LogP contribution in [0.4, 0.5) is 4.79 Å². The highest BCUT2D eigenvalue weighted by Gasteiger charge is 2.38. The van der Waals surface area contributed by atoms with Crippen LogP contribution in [0.3, 0.4) is 0 Å². The molecule has 2 aliphatic heterocycles. The van der Waals surface area contributed by atoms with Gasteiger partial charge in [-0.2, -0.15) is 5.26 Å². The Bertz CT molecular complexity index is 702. The lowest BCUT2D eigenvalue weighted by molar-refractivity contribution is 0.0289. The summed E-state index contributed by atoms with van der Waals surface area (Å²) in [6.07, 6.45) is 3.66. The molecule has 7 heteroatoms. The summed E-state index contributed by atoms with van der Waals surface area (Å²) in [5.74, 6) is 0.847. The maximum atomic E-state index is 12.3. The molecule has 0 bridgehead atoms. The van der Waals surface area contributed by atoms with E-state index in [0.717, 1.165) is 31.5 Å². The molecule has 2 aliphatic rings. The first kappa shape index (κ1) is 20.4. The van der Waals surface area contributed by atoms with Gasteiger partial charge >= 0.3 is 6.09 Å². The van der Waals surface area contributed by atoms with Crippen molar-refractivity contribution in [3.8, 4) is 11.9 Å². The second-order valence-corrected chi connectivity index (χ2v) is 8.66. The molecule has 3 rings (SSSR count). The van der Waals surface area contributed by atoms with Crippen molar-refractivity contribution in [1.82, 2.24) is 15.2 Å². The Hall–Kier alpha value is -2.33. The molecule has 2 saturated heterocycles. The zero-order valence-electron chi connectivity index (χ0n) is 17.0. The number of hydrogen-bond acceptors (Lipinski definition) is 6. The first-order valence-corrected chi connectivity index (χ1v) is 10.0. The van der Waals surface area contributed by atoms with Crippen molar-refractivity contribution in [3.05, 3.63) is 23.9 Å². The number of carbonyl (C=O) groups excluding carboxylic acids is 1. The highest BCUT2D eigenvalue weighted by Crippen LogP contribution is 2.33. The highest BCUT2D eigenvalue weighted by atomic mass is 16.6. The molecule has 0 radical (unpaired) electrons. The number of nitriles is 1. The lowest BCUT2D eigenvalue weighted by Crippen LogP contribution is -2.35. The van der Waals surface area contributed by atoms with E-state index in [0.29, 0.717) is 31.5 Å². The number of pyridine rings is 1. The van der Waals surface area contributed by atoms with Gasteiger partial charge in [-0.1, -0.05) is 6.07 Å². The third kappa shape index (κ3) is 5.35. The molecule has 1 N–H and O–H groups in total. The normalized spacial score (nSPS) is 23.3. The van der Waals surface area contributed by atoms with Crippen LogP contribution in [0.1, 0.15) is 45.1 Å². The highest BCUT2D eigenvalue weighted by molar-refractivity contribution is 5.69. The van der Waals surface area contributed by atoms with Crippen LogP contribution in [-0.4, -0.2) is 54.4 Å². The molecule has 1 aromatic heterocycles. The molecule has 3 heterocycles. The third-order valence-electron chi connectivity index (χ3n) is 5.25. The van der Waals surface area contributed by atoms with E-state index in [-0.39, 0.29) is 17.9 Å². The van der Waals surface area contributed by atoms with Crippen LogP contribution in [0, 0.1) is 23.2 Å². The Morgan fingerprint density at radius 1 is 1.32 bits per heavy atom. The second kappa shape index (κ2) is 8.78. The van der Waals surface area contributed by atoms with Gasteiger partial charge in [-0.05, 0) is 58.2 Å². The van der Waals surface area contributed by atoms with Crippen molar-refractivity contribution in [3.63, 3.8) is 0 Å². The van der Waals surface area contributed by atoms with Crippen molar-refractivity contribution in [1.29, 1.82) is 5.26 Å². The molecular formula is C21H30N4O3. The summed E-state index contributed by atoms with van der Waals surface area (Å²) < 4.78 is 11.3.